The monoisotopic (exact) mass is 246 g/mol. The van der Waals surface area contributed by atoms with Gasteiger partial charge in [-0.3, -0.25) is 14.5 Å². The van der Waals surface area contributed by atoms with Crippen LogP contribution in [0.25, 0.3) is 0 Å². The molecule has 0 bridgehead atoms. The molecule has 1 saturated heterocycles. The molecular weight excluding hydrogens is 228 g/mol. The standard InChI is InChI=1S/C14H18N2O2/c1-4-16-13(17)8-12(14(16)18)15-11-6-5-9(2)10(3)7-11/h5-7,12,15H,4,8H2,1-3H3. The average molecular weight is 246 g/mol. The number of nitrogens with one attached hydrogen (secondary N) is 1. The molecule has 1 aromatic rings. The van der Waals surface area contributed by atoms with E-state index in [1.807, 2.05) is 39.0 Å². The molecule has 1 fully saturated rings. The number of rotatable bonds is 3. The molecule has 0 spiro atoms. The van der Waals surface area contributed by atoms with Gasteiger partial charge in [-0.15, -0.1) is 0 Å². The van der Waals surface area contributed by atoms with E-state index in [1.165, 1.54) is 16.0 Å². The van der Waals surface area contributed by atoms with E-state index >= 15 is 0 Å². The molecule has 1 aliphatic heterocycles. The van der Waals surface area contributed by atoms with Crippen LogP contribution in [0, 0.1) is 13.8 Å². The summed E-state index contributed by atoms with van der Waals surface area (Å²) in [4.78, 5) is 24.9. The van der Waals surface area contributed by atoms with Crippen molar-refractivity contribution in [3.05, 3.63) is 29.3 Å². The van der Waals surface area contributed by atoms with Gasteiger partial charge < -0.3 is 5.32 Å². The highest BCUT2D eigenvalue weighted by Gasteiger charge is 2.37. The van der Waals surface area contributed by atoms with E-state index in [2.05, 4.69) is 5.32 Å². The van der Waals surface area contributed by atoms with Crippen LogP contribution in [0.1, 0.15) is 24.5 Å². The summed E-state index contributed by atoms with van der Waals surface area (Å²) in [5.74, 6) is -0.218. The Morgan fingerprint density at radius 2 is 2.00 bits per heavy atom. The molecule has 1 aliphatic rings. The summed E-state index contributed by atoms with van der Waals surface area (Å²) in [7, 11) is 0. The Labute approximate surface area is 107 Å². The smallest absolute Gasteiger partial charge is 0.252 e. The summed E-state index contributed by atoms with van der Waals surface area (Å²) in [5, 5.41) is 3.14. The summed E-state index contributed by atoms with van der Waals surface area (Å²) >= 11 is 0. The quantitative estimate of drug-likeness (QED) is 0.828. The van der Waals surface area contributed by atoms with Crippen molar-refractivity contribution in [3.8, 4) is 0 Å². The topological polar surface area (TPSA) is 49.4 Å². The minimum Gasteiger partial charge on any atom is -0.373 e. The van der Waals surface area contributed by atoms with E-state index in [1.54, 1.807) is 0 Å². The SMILES string of the molecule is CCN1C(=O)CC(Nc2ccc(C)c(C)c2)C1=O. The first kappa shape index (κ1) is 12.6. The number of likely N-dealkylation sites (tertiary alicyclic amines) is 1. The molecule has 1 aromatic carbocycles. The third kappa shape index (κ3) is 2.23. The van der Waals surface area contributed by atoms with Crippen molar-refractivity contribution in [2.24, 2.45) is 0 Å². The van der Waals surface area contributed by atoms with E-state index in [9.17, 15) is 9.59 Å². The fourth-order valence-electron chi connectivity index (χ4n) is 2.16. The second-order valence-electron chi connectivity index (χ2n) is 4.68. The molecule has 1 N–H and O–H groups in total. The average Bonchev–Trinajstić information content (AvgIpc) is 2.59. The number of hydrogen-bond donors (Lipinski definition) is 1. The zero-order chi connectivity index (χ0) is 13.3. The summed E-state index contributed by atoms with van der Waals surface area (Å²) in [6.45, 7) is 6.33. The molecule has 96 valence electrons. The fourth-order valence-corrected chi connectivity index (χ4v) is 2.16. The normalized spacial score (nSPS) is 19.5. The number of carbonyl (C=O) groups is 2. The molecule has 4 nitrogen and oxygen atoms in total. The first-order valence-corrected chi connectivity index (χ1v) is 6.21. The van der Waals surface area contributed by atoms with Crippen molar-refractivity contribution in [2.45, 2.75) is 33.2 Å². The molecule has 0 saturated carbocycles. The second kappa shape index (κ2) is 4.80. The molecule has 2 amide bonds. The molecule has 0 radical (unpaired) electrons. The van der Waals surface area contributed by atoms with Crippen LogP contribution in [-0.4, -0.2) is 29.3 Å². The molecule has 1 atom stereocenters. The lowest BCUT2D eigenvalue weighted by molar-refractivity contribution is -0.138. The Morgan fingerprint density at radius 3 is 2.56 bits per heavy atom. The lowest BCUT2D eigenvalue weighted by Gasteiger charge is -2.14. The highest BCUT2D eigenvalue weighted by atomic mass is 16.2. The highest BCUT2D eigenvalue weighted by Crippen LogP contribution is 2.20. The van der Waals surface area contributed by atoms with E-state index in [-0.39, 0.29) is 18.2 Å². The van der Waals surface area contributed by atoms with Gasteiger partial charge >= 0.3 is 0 Å². The Balaban J connectivity index is 2.13. The minimum absolute atomic E-state index is 0.0937. The number of carbonyl (C=O) groups excluding carboxylic acids is 2. The number of hydrogen-bond acceptors (Lipinski definition) is 3. The number of anilines is 1. The van der Waals surface area contributed by atoms with Gasteiger partial charge in [-0.1, -0.05) is 6.07 Å². The van der Waals surface area contributed by atoms with E-state index in [0.717, 1.165) is 5.69 Å². The van der Waals surface area contributed by atoms with Gasteiger partial charge in [0.05, 0.1) is 6.42 Å². The molecular formula is C14H18N2O2. The fraction of sp³-hybridized carbons (Fsp3) is 0.429. The van der Waals surface area contributed by atoms with Gasteiger partial charge in [0.25, 0.3) is 5.91 Å². The summed E-state index contributed by atoms with van der Waals surface area (Å²) in [6.07, 6.45) is 0.250. The van der Waals surface area contributed by atoms with Crippen molar-refractivity contribution in [1.82, 2.24) is 4.90 Å². The first-order valence-electron chi connectivity index (χ1n) is 6.21. The van der Waals surface area contributed by atoms with Gasteiger partial charge in [-0.25, -0.2) is 0 Å². The van der Waals surface area contributed by atoms with Gasteiger partial charge in [0.1, 0.15) is 6.04 Å². The van der Waals surface area contributed by atoms with Crippen molar-refractivity contribution in [3.63, 3.8) is 0 Å². The summed E-state index contributed by atoms with van der Waals surface area (Å²) < 4.78 is 0. The highest BCUT2D eigenvalue weighted by molar-refractivity contribution is 6.06. The maximum absolute atomic E-state index is 11.9. The van der Waals surface area contributed by atoms with E-state index < -0.39 is 6.04 Å². The number of amides is 2. The lowest BCUT2D eigenvalue weighted by atomic mass is 10.1. The number of benzene rings is 1. The van der Waals surface area contributed by atoms with Gasteiger partial charge in [-0.05, 0) is 44.0 Å². The molecule has 1 heterocycles. The first-order chi connectivity index (χ1) is 8.52. The lowest BCUT2D eigenvalue weighted by Crippen LogP contribution is -2.34. The van der Waals surface area contributed by atoms with Crippen LogP contribution in [0.2, 0.25) is 0 Å². The Kier molecular flexibility index (Phi) is 3.36. The Morgan fingerprint density at radius 1 is 1.28 bits per heavy atom. The molecule has 4 heteroatoms. The zero-order valence-corrected chi connectivity index (χ0v) is 11.0. The maximum Gasteiger partial charge on any atom is 0.252 e. The van der Waals surface area contributed by atoms with Crippen LogP contribution in [0.5, 0.6) is 0 Å². The number of nitrogens with zero attached hydrogens (tertiary/aromatic N) is 1. The van der Waals surface area contributed by atoms with Crippen LogP contribution in [0.15, 0.2) is 18.2 Å². The number of imide groups is 1. The summed E-state index contributed by atoms with van der Waals surface area (Å²) in [6, 6.07) is 5.53. The third-order valence-electron chi connectivity index (χ3n) is 3.41. The van der Waals surface area contributed by atoms with Gasteiger partial charge in [0, 0.05) is 12.2 Å². The molecule has 2 rings (SSSR count). The van der Waals surface area contributed by atoms with E-state index in [0.29, 0.717) is 6.54 Å². The Bertz CT molecular complexity index is 497. The summed E-state index contributed by atoms with van der Waals surface area (Å²) in [5.41, 5.74) is 3.27. The minimum atomic E-state index is -0.417. The van der Waals surface area contributed by atoms with Crippen molar-refractivity contribution >= 4 is 17.5 Å². The maximum atomic E-state index is 11.9. The molecule has 0 aromatic heterocycles. The largest absolute Gasteiger partial charge is 0.373 e. The van der Waals surface area contributed by atoms with Crippen molar-refractivity contribution < 1.29 is 9.59 Å². The predicted octanol–water partition coefficient (Wildman–Crippen LogP) is 1.86. The van der Waals surface area contributed by atoms with Crippen LogP contribution in [-0.2, 0) is 9.59 Å². The third-order valence-corrected chi connectivity index (χ3v) is 3.41. The van der Waals surface area contributed by atoms with Crippen LogP contribution >= 0.6 is 0 Å². The van der Waals surface area contributed by atoms with Gasteiger partial charge in [0.15, 0.2) is 0 Å². The van der Waals surface area contributed by atoms with Gasteiger partial charge in [-0.2, -0.15) is 0 Å². The van der Waals surface area contributed by atoms with Crippen molar-refractivity contribution in [1.29, 1.82) is 0 Å². The van der Waals surface area contributed by atoms with Crippen LogP contribution in [0.3, 0.4) is 0 Å². The van der Waals surface area contributed by atoms with E-state index in [4.69, 9.17) is 0 Å². The second-order valence-corrected chi connectivity index (χ2v) is 4.68. The zero-order valence-electron chi connectivity index (χ0n) is 11.0. The Hall–Kier alpha value is -1.84. The van der Waals surface area contributed by atoms with Crippen LogP contribution < -0.4 is 5.32 Å². The van der Waals surface area contributed by atoms with Gasteiger partial charge in [0.2, 0.25) is 5.91 Å². The molecule has 18 heavy (non-hydrogen) atoms. The predicted molar refractivity (Wildman–Crippen MR) is 70.3 cm³/mol. The number of likely N-dealkylation sites (N-methyl/N-ethyl adjacent to an activating group) is 1. The molecule has 1 unspecified atom stereocenters. The number of aryl methyl sites for hydroxylation is 2. The molecule has 0 aliphatic carbocycles. The van der Waals surface area contributed by atoms with Crippen molar-refractivity contribution in [2.75, 3.05) is 11.9 Å². The van der Waals surface area contributed by atoms with Crippen LogP contribution in [0.4, 0.5) is 5.69 Å².